The zero-order valence-electron chi connectivity index (χ0n) is 9.45. The first-order valence-corrected chi connectivity index (χ1v) is 5.07. The number of hydrogen-bond donors (Lipinski definition) is 3. The Morgan fingerprint density at radius 2 is 1.86 bits per heavy atom. The summed E-state index contributed by atoms with van der Waals surface area (Å²) in [6, 6.07) is -0.513. The van der Waals surface area contributed by atoms with Crippen molar-refractivity contribution in [3.63, 3.8) is 0 Å². The SMILES string of the molecule is CC(C)C(N)C(=O)NC(C)C(C)CO. The Morgan fingerprint density at radius 1 is 1.36 bits per heavy atom. The van der Waals surface area contributed by atoms with E-state index in [1.54, 1.807) is 0 Å². The minimum absolute atomic E-state index is 0.0442. The van der Waals surface area contributed by atoms with E-state index in [4.69, 9.17) is 10.8 Å². The molecule has 0 radical (unpaired) electrons. The van der Waals surface area contributed by atoms with Crippen LogP contribution in [0.15, 0.2) is 0 Å². The lowest BCUT2D eigenvalue weighted by Gasteiger charge is -2.22. The van der Waals surface area contributed by atoms with Gasteiger partial charge in [-0.1, -0.05) is 20.8 Å². The largest absolute Gasteiger partial charge is 0.396 e. The summed E-state index contributed by atoms with van der Waals surface area (Å²) in [4.78, 5) is 11.5. The molecular formula is C10H22N2O2. The average molecular weight is 202 g/mol. The molecule has 0 saturated carbocycles. The van der Waals surface area contributed by atoms with Gasteiger partial charge in [-0.15, -0.1) is 0 Å². The summed E-state index contributed by atoms with van der Waals surface area (Å²) in [6.45, 7) is 7.63. The van der Waals surface area contributed by atoms with Crippen LogP contribution in [0.25, 0.3) is 0 Å². The van der Waals surface area contributed by atoms with Crippen LogP contribution in [0.3, 0.4) is 0 Å². The monoisotopic (exact) mass is 202 g/mol. The third kappa shape index (κ3) is 4.07. The van der Waals surface area contributed by atoms with E-state index in [1.807, 2.05) is 27.7 Å². The molecular weight excluding hydrogens is 180 g/mol. The van der Waals surface area contributed by atoms with Crippen molar-refractivity contribution in [1.29, 1.82) is 0 Å². The van der Waals surface area contributed by atoms with E-state index in [9.17, 15) is 4.79 Å². The van der Waals surface area contributed by atoms with E-state index in [0.717, 1.165) is 0 Å². The minimum atomic E-state index is -0.469. The second kappa shape index (κ2) is 5.98. The van der Waals surface area contributed by atoms with Gasteiger partial charge in [0, 0.05) is 12.6 Å². The van der Waals surface area contributed by atoms with Gasteiger partial charge in [0.15, 0.2) is 0 Å². The zero-order chi connectivity index (χ0) is 11.3. The fraction of sp³-hybridized carbons (Fsp3) is 0.900. The molecule has 4 nitrogen and oxygen atoms in total. The van der Waals surface area contributed by atoms with Crippen LogP contribution < -0.4 is 11.1 Å². The number of carbonyl (C=O) groups excluding carboxylic acids is 1. The van der Waals surface area contributed by atoms with Crippen LogP contribution >= 0.6 is 0 Å². The first kappa shape index (κ1) is 13.4. The van der Waals surface area contributed by atoms with Crippen LogP contribution in [0.5, 0.6) is 0 Å². The van der Waals surface area contributed by atoms with Crippen LogP contribution in [0.2, 0.25) is 0 Å². The molecule has 0 heterocycles. The van der Waals surface area contributed by atoms with E-state index >= 15 is 0 Å². The van der Waals surface area contributed by atoms with Crippen molar-refractivity contribution in [3.05, 3.63) is 0 Å². The van der Waals surface area contributed by atoms with E-state index in [1.165, 1.54) is 0 Å². The van der Waals surface area contributed by atoms with Gasteiger partial charge in [-0.2, -0.15) is 0 Å². The summed E-state index contributed by atoms with van der Waals surface area (Å²) < 4.78 is 0. The number of hydrogen-bond acceptors (Lipinski definition) is 3. The van der Waals surface area contributed by atoms with Crippen molar-refractivity contribution < 1.29 is 9.90 Å². The molecule has 0 saturated heterocycles. The predicted octanol–water partition coefficient (Wildman–Crippen LogP) is 0.103. The van der Waals surface area contributed by atoms with Crippen molar-refractivity contribution >= 4 is 5.91 Å². The van der Waals surface area contributed by atoms with Gasteiger partial charge in [0.25, 0.3) is 0 Å². The molecule has 3 unspecified atom stereocenters. The van der Waals surface area contributed by atoms with Gasteiger partial charge in [0.05, 0.1) is 6.04 Å². The van der Waals surface area contributed by atoms with Crippen LogP contribution in [0, 0.1) is 11.8 Å². The maximum atomic E-state index is 11.5. The molecule has 14 heavy (non-hydrogen) atoms. The summed E-state index contributed by atoms with van der Waals surface area (Å²) in [6.07, 6.45) is 0. The molecule has 84 valence electrons. The van der Waals surface area contributed by atoms with Gasteiger partial charge in [0.1, 0.15) is 0 Å². The minimum Gasteiger partial charge on any atom is -0.396 e. The highest BCUT2D eigenvalue weighted by molar-refractivity contribution is 5.81. The second-order valence-electron chi connectivity index (χ2n) is 4.23. The molecule has 0 bridgehead atoms. The highest BCUT2D eigenvalue weighted by Gasteiger charge is 2.20. The number of rotatable bonds is 5. The quantitative estimate of drug-likeness (QED) is 0.592. The van der Waals surface area contributed by atoms with Crippen molar-refractivity contribution in [2.45, 2.75) is 39.8 Å². The lowest BCUT2D eigenvalue weighted by Crippen LogP contribution is -2.49. The Balaban J connectivity index is 4.05. The highest BCUT2D eigenvalue weighted by atomic mass is 16.3. The molecule has 0 aromatic rings. The van der Waals surface area contributed by atoms with Gasteiger partial charge in [-0.25, -0.2) is 0 Å². The molecule has 4 N–H and O–H groups in total. The third-order valence-electron chi connectivity index (χ3n) is 2.53. The van der Waals surface area contributed by atoms with Crippen molar-refractivity contribution in [3.8, 4) is 0 Å². The Morgan fingerprint density at radius 3 is 2.21 bits per heavy atom. The van der Waals surface area contributed by atoms with Gasteiger partial charge in [0.2, 0.25) is 5.91 Å². The standard InChI is InChI=1S/C10H22N2O2/c1-6(2)9(11)10(14)12-8(4)7(3)5-13/h6-9,13H,5,11H2,1-4H3,(H,12,14). The molecule has 1 amide bonds. The van der Waals surface area contributed by atoms with E-state index in [-0.39, 0.29) is 30.4 Å². The van der Waals surface area contributed by atoms with Gasteiger partial charge >= 0.3 is 0 Å². The number of aliphatic hydroxyl groups excluding tert-OH is 1. The van der Waals surface area contributed by atoms with Crippen LogP contribution in [-0.4, -0.2) is 29.7 Å². The first-order valence-electron chi connectivity index (χ1n) is 5.07. The lowest BCUT2D eigenvalue weighted by molar-refractivity contribution is -0.124. The summed E-state index contributed by atoms with van der Waals surface area (Å²) in [5.74, 6) is 0.0396. The molecule has 0 aromatic carbocycles. The van der Waals surface area contributed by atoms with Crippen LogP contribution in [-0.2, 0) is 4.79 Å². The summed E-state index contributed by atoms with van der Waals surface area (Å²) in [7, 11) is 0. The normalized spacial score (nSPS) is 17.6. The number of nitrogens with two attached hydrogens (primary N) is 1. The number of amides is 1. The molecule has 0 fully saturated rings. The molecule has 0 aliphatic carbocycles. The van der Waals surface area contributed by atoms with E-state index < -0.39 is 6.04 Å². The Bertz CT molecular complexity index is 183. The van der Waals surface area contributed by atoms with Crippen molar-refractivity contribution in [1.82, 2.24) is 5.32 Å². The number of aliphatic hydroxyl groups is 1. The van der Waals surface area contributed by atoms with E-state index in [2.05, 4.69) is 5.32 Å². The molecule has 0 rings (SSSR count). The summed E-state index contributed by atoms with van der Waals surface area (Å²) in [5, 5.41) is 11.7. The van der Waals surface area contributed by atoms with Crippen LogP contribution in [0.4, 0.5) is 0 Å². The predicted molar refractivity (Wildman–Crippen MR) is 56.7 cm³/mol. The zero-order valence-corrected chi connectivity index (χ0v) is 9.45. The van der Waals surface area contributed by atoms with Crippen molar-refractivity contribution in [2.24, 2.45) is 17.6 Å². The summed E-state index contributed by atoms with van der Waals surface area (Å²) >= 11 is 0. The smallest absolute Gasteiger partial charge is 0.237 e. The molecule has 3 atom stereocenters. The van der Waals surface area contributed by atoms with Gasteiger partial charge in [-0.05, 0) is 18.8 Å². The Hall–Kier alpha value is -0.610. The maximum Gasteiger partial charge on any atom is 0.237 e. The summed E-state index contributed by atoms with van der Waals surface area (Å²) in [5.41, 5.74) is 5.68. The van der Waals surface area contributed by atoms with Gasteiger partial charge in [-0.3, -0.25) is 4.79 Å². The third-order valence-corrected chi connectivity index (χ3v) is 2.53. The molecule has 0 aliphatic heterocycles. The highest BCUT2D eigenvalue weighted by Crippen LogP contribution is 2.03. The maximum absolute atomic E-state index is 11.5. The van der Waals surface area contributed by atoms with Crippen LogP contribution in [0.1, 0.15) is 27.7 Å². The fourth-order valence-corrected chi connectivity index (χ4v) is 0.924. The Labute approximate surface area is 85.9 Å². The Kier molecular flexibility index (Phi) is 5.72. The van der Waals surface area contributed by atoms with E-state index in [0.29, 0.717) is 0 Å². The lowest BCUT2D eigenvalue weighted by atomic mass is 10.0. The fourth-order valence-electron chi connectivity index (χ4n) is 0.924. The molecule has 0 aliphatic rings. The topological polar surface area (TPSA) is 75.4 Å². The number of nitrogens with one attached hydrogen (secondary N) is 1. The average Bonchev–Trinajstić information content (AvgIpc) is 2.14. The molecule has 4 heteroatoms. The number of carbonyl (C=O) groups is 1. The second-order valence-corrected chi connectivity index (χ2v) is 4.23. The van der Waals surface area contributed by atoms with Crippen molar-refractivity contribution in [2.75, 3.05) is 6.61 Å². The molecule has 0 aromatic heterocycles. The van der Waals surface area contributed by atoms with Gasteiger partial charge < -0.3 is 16.2 Å². The molecule has 0 spiro atoms. The first-order chi connectivity index (χ1) is 6.40.